The van der Waals surface area contributed by atoms with Crippen LogP contribution in [-0.2, 0) is 11.3 Å². The van der Waals surface area contributed by atoms with Gasteiger partial charge in [0.15, 0.2) is 0 Å². The minimum atomic E-state index is -0.506. The number of amides is 1. The van der Waals surface area contributed by atoms with E-state index in [1.807, 2.05) is 32.0 Å². The highest BCUT2D eigenvalue weighted by Crippen LogP contribution is 2.11. The highest BCUT2D eigenvalue weighted by Gasteiger charge is 2.03. The summed E-state index contributed by atoms with van der Waals surface area (Å²) >= 11 is 0. The van der Waals surface area contributed by atoms with Crippen LogP contribution in [0.25, 0.3) is 0 Å². The summed E-state index contributed by atoms with van der Waals surface area (Å²) in [6, 6.07) is 5.98. The predicted molar refractivity (Wildman–Crippen MR) is 61.2 cm³/mol. The summed E-state index contributed by atoms with van der Waals surface area (Å²) in [5.74, 6) is 0. The number of carbonyl (C=O) groups excluding carboxylic acids is 1. The summed E-state index contributed by atoms with van der Waals surface area (Å²) in [5, 5.41) is 10.9. The Morgan fingerprint density at radius 1 is 1.44 bits per heavy atom. The molecule has 0 saturated carbocycles. The first-order valence-corrected chi connectivity index (χ1v) is 5.21. The monoisotopic (exact) mass is 223 g/mol. The van der Waals surface area contributed by atoms with Gasteiger partial charge in [-0.3, -0.25) is 0 Å². The molecule has 1 aromatic rings. The second kappa shape index (κ2) is 6.12. The van der Waals surface area contributed by atoms with E-state index in [-0.39, 0.29) is 19.8 Å². The van der Waals surface area contributed by atoms with Crippen molar-refractivity contribution in [2.24, 2.45) is 0 Å². The predicted octanol–water partition coefficient (Wildman–Crippen LogP) is 1.52. The zero-order valence-corrected chi connectivity index (χ0v) is 9.62. The van der Waals surface area contributed by atoms with Gasteiger partial charge in [0.1, 0.15) is 6.61 Å². The smallest absolute Gasteiger partial charge is 0.407 e. The van der Waals surface area contributed by atoms with Crippen LogP contribution in [-0.4, -0.2) is 24.4 Å². The molecule has 1 amide bonds. The first-order valence-electron chi connectivity index (χ1n) is 5.21. The molecular formula is C12H17NO3. The van der Waals surface area contributed by atoms with Crippen LogP contribution in [0.4, 0.5) is 4.79 Å². The number of nitrogens with one attached hydrogen (secondary N) is 1. The van der Waals surface area contributed by atoms with E-state index in [1.54, 1.807) is 0 Å². The largest absolute Gasteiger partial charge is 0.445 e. The van der Waals surface area contributed by atoms with Crippen LogP contribution in [0.15, 0.2) is 18.2 Å². The molecule has 0 unspecified atom stereocenters. The molecule has 4 nitrogen and oxygen atoms in total. The average Bonchev–Trinajstić information content (AvgIpc) is 2.25. The van der Waals surface area contributed by atoms with Crippen LogP contribution in [0.3, 0.4) is 0 Å². The second-order valence-corrected chi connectivity index (χ2v) is 3.66. The maximum absolute atomic E-state index is 11.1. The van der Waals surface area contributed by atoms with Gasteiger partial charge in [0.2, 0.25) is 0 Å². The fourth-order valence-corrected chi connectivity index (χ4v) is 1.36. The lowest BCUT2D eigenvalue weighted by Crippen LogP contribution is -2.27. The molecule has 4 heteroatoms. The summed E-state index contributed by atoms with van der Waals surface area (Å²) in [7, 11) is 0. The number of hydrogen-bond acceptors (Lipinski definition) is 3. The third kappa shape index (κ3) is 3.90. The van der Waals surface area contributed by atoms with Gasteiger partial charge in [-0.05, 0) is 25.0 Å². The van der Waals surface area contributed by atoms with Crippen molar-refractivity contribution in [1.82, 2.24) is 5.32 Å². The molecule has 88 valence electrons. The van der Waals surface area contributed by atoms with E-state index in [2.05, 4.69) is 5.32 Å². The summed E-state index contributed by atoms with van der Waals surface area (Å²) < 4.78 is 4.99. The molecule has 0 aromatic heterocycles. The maximum Gasteiger partial charge on any atom is 0.407 e. The Bertz CT molecular complexity index is 363. The first kappa shape index (κ1) is 12.5. The molecule has 0 spiro atoms. The summed E-state index contributed by atoms with van der Waals surface area (Å²) in [5.41, 5.74) is 3.28. The van der Waals surface area contributed by atoms with E-state index >= 15 is 0 Å². The van der Waals surface area contributed by atoms with Crippen molar-refractivity contribution in [3.63, 3.8) is 0 Å². The SMILES string of the molecule is Cc1ccc(COC(=O)NCCO)c(C)c1. The topological polar surface area (TPSA) is 58.6 Å². The summed E-state index contributed by atoms with van der Waals surface area (Å²) in [6.07, 6.45) is -0.506. The number of benzene rings is 1. The number of carbonyl (C=O) groups is 1. The van der Waals surface area contributed by atoms with Gasteiger partial charge in [-0.15, -0.1) is 0 Å². The number of alkyl carbamates (subject to hydrolysis) is 1. The number of aliphatic hydroxyl groups excluding tert-OH is 1. The third-order valence-electron chi connectivity index (χ3n) is 2.24. The quantitative estimate of drug-likeness (QED) is 0.813. The highest BCUT2D eigenvalue weighted by molar-refractivity contribution is 5.67. The van der Waals surface area contributed by atoms with E-state index in [0.29, 0.717) is 0 Å². The van der Waals surface area contributed by atoms with Gasteiger partial charge in [-0.25, -0.2) is 4.79 Å². The summed E-state index contributed by atoms with van der Waals surface area (Å²) in [4.78, 5) is 11.1. The molecule has 1 rings (SSSR count). The Hall–Kier alpha value is -1.55. The summed E-state index contributed by atoms with van der Waals surface area (Å²) in [6.45, 7) is 4.39. The third-order valence-corrected chi connectivity index (χ3v) is 2.24. The van der Waals surface area contributed by atoms with Gasteiger partial charge in [0, 0.05) is 6.54 Å². The number of ether oxygens (including phenoxy) is 1. The van der Waals surface area contributed by atoms with Gasteiger partial charge >= 0.3 is 6.09 Å². The van der Waals surface area contributed by atoms with Crippen molar-refractivity contribution >= 4 is 6.09 Å². The fraction of sp³-hybridized carbons (Fsp3) is 0.417. The van der Waals surface area contributed by atoms with Crippen LogP contribution in [0.2, 0.25) is 0 Å². The fourth-order valence-electron chi connectivity index (χ4n) is 1.36. The van der Waals surface area contributed by atoms with Gasteiger partial charge < -0.3 is 15.2 Å². The molecule has 0 heterocycles. The first-order chi connectivity index (χ1) is 7.63. The number of aliphatic hydroxyl groups is 1. The van der Waals surface area contributed by atoms with Gasteiger partial charge in [0.25, 0.3) is 0 Å². The van der Waals surface area contributed by atoms with Crippen molar-refractivity contribution in [3.8, 4) is 0 Å². The lowest BCUT2D eigenvalue weighted by Gasteiger charge is -2.08. The zero-order valence-electron chi connectivity index (χ0n) is 9.62. The lowest BCUT2D eigenvalue weighted by atomic mass is 10.1. The van der Waals surface area contributed by atoms with Crippen molar-refractivity contribution in [3.05, 3.63) is 34.9 Å². The van der Waals surface area contributed by atoms with Crippen LogP contribution in [0.5, 0.6) is 0 Å². The van der Waals surface area contributed by atoms with Crippen LogP contribution < -0.4 is 5.32 Å². The number of hydrogen-bond donors (Lipinski definition) is 2. The average molecular weight is 223 g/mol. The molecule has 0 radical (unpaired) electrons. The Morgan fingerprint density at radius 3 is 2.81 bits per heavy atom. The number of aryl methyl sites for hydroxylation is 2. The van der Waals surface area contributed by atoms with Crippen molar-refractivity contribution < 1.29 is 14.6 Å². The van der Waals surface area contributed by atoms with E-state index < -0.39 is 6.09 Å². The van der Waals surface area contributed by atoms with Crippen LogP contribution in [0, 0.1) is 13.8 Å². The normalized spacial score (nSPS) is 9.94. The van der Waals surface area contributed by atoms with Crippen molar-refractivity contribution in [2.45, 2.75) is 20.5 Å². The molecule has 0 aliphatic carbocycles. The molecule has 0 fully saturated rings. The van der Waals surface area contributed by atoms with Crippen LogP contribution in [0.1, 0.15) is 16.7 Å². The molecule has 0 aliphatic heterocycles. The van der Waals surface area contributed by atoms with Gasteiger partial charge in [-0.2, -0.15) is 0 Å². The van der Waals surface area contributed by atoms with E-state index in [9.17, 15) is 4.79 Å². The highest BCUT2D eigenvalue weighted by atomic mass is 16.5. The molecule has 1 aromatic carbocycles. The van der Waals surface area contributed by atoms with E-state index in [1.165, 1.54) is 5.56 Å². The van der Waals surface area contributed by atoms with E-state index in [4.69, 9.17) is 9.84 Å². The molecule has 2 N–H and O–H groups in total. The van der Waals surface area contributed by atoms with Gasteiger partial charge in [0.05, 0.1) is 6.61 Å². The minimum Gasteiger partial charge on any atom is -0.445 e. The molecule has 0 aliphatic rings. The van der Waals surface area contributed by atoms with E-state index in [0.717, 1.165) is 11.1 Å². The lowest BCUT2D eigenvalue weighted by molar-refractivity contribution is 0.137. The second-order valence-electron chi connectivity index (χ2n) is 3.66. The molecule has 16 heavy (non-hydrogen) atoms. The molecule has 0 saturated heterocycles. The Morgan fingerprint density at radius 2 is 2.19 bits per heavy atom. The van der Waals surface area contributed by atoms with Crippen LogP contribution >= 0.6 is 0 Å². The molecule has 0 atom stereocenters. The molecule has 0 bridgehead atoms. The Kier molecular flexibility index (Phi) is 4.79. The zero-order chi connectivity index (χ0) is 12.0. The molecular weight excluding hydrogens is 206 g/mol. The Balaban J connectivity index is 2.45. The Labute approximate surface area is 95.2 Å². The van der Waals surface area contributed by atoms with Gasteiger partial charge in [-0.1, -0.05) is 23.8 Å². The number of rotatable bonds is 4. The standard InChI is InChI=1S/C12H17NO3/c1-9-3-4-11(10(2)7-9)8-16-12(15)13-5-6-14/h3-4,7,14H,5-6,8H2,1-2H3,(H,13,15). The maximum atomic E-state index is 11.1. The van der Waals surface area contributed by atoms with Crippen molar-refractivity contribution in [2.75, 3.05) is 13.2 Å². The minimum absolute atomic E-state index is 0.0847. The van der Waals surface area contributed by atoms with Crippen molar-refractivity contribution in [1.29, 1.82) is 0 Å².